The molecule has 2 rings (SSSR count). The van der Waals surface area contributed by atoms with E-state index < -0.39 is 0 Å². The fourth-order valence-corrected chi connectivity index (χ4v) is 2.46. The largest absolute Gasteiger partial charge is 0.491 e. The van der Waals surface area contributed by atoms with Crippen LogP contribution in [0.3, 0.4) is 0 Å². The maximum atomic E-state index is 12.0. The van der Waals surface area contributed by atoms with E-state index in [1.807, 2.05) is 19.0 Å². The zero-order valence-corrected chi connectivity index (χ0v) is 14.4. The first kappa shape index (κ1) is 18.0. The van der Waals surface area contributed by atoms with Crippen molar-refractivity contribution in [2.75, 3.05) is 52.3 Å². The standard InChI is InChI=1S/C16H24ClN3O3/c1-20(2)6-8-23-15-4-3-12(9-14(15)17)19-16(21)10-13-11-22-7-5-18-13/h3-4,9,13,18H,5-8,10-11H2,1-2H3,(H,19,21). The summed E-state index contributed by atoms with van der Waals surface area (Å²) in [4.78, 5) is 14.1. The van der Waals surface area contributed by atoms with E-state index in [0.29, 0.717) is 42.7 Å². The van der Waals surface area contributed by atoms with Crippen molar-refractivity contribution in [1.82, 2.24) is 10.2 Å². The Hall–Kier alpha value is -1.34. The van der Waals surface area contributed by atoms with Gasteiger partial charge in [0.15, 0.2) is 0 Å². The zero-order chi connectivity index (χ0) is 16.7. The summed E-state index contributed by atoms with van der Waals surface area (Å²) in [5.41, 5.74) is 0.664. The molecule has 0 bridgehead atoms. The molecule has 1 aromatic rings. The highest BCUT2D eigenvalue weighted by atomic mass is 35.5. The number of ether oxygens (including phenoxy) is 2. The van der Waals surface area contributed by atoms with Gasteiger partial charge in [0.2, 0.25) is 5.91 Å². The van der Waals surface area contributed by atoms with Gasteiger partial charge in [-0.15, -0.1) is 0 Å². The number of hydrogen-bond acceptors (Lipinski definition) is 5. The highest BCUT2D eigenvalue weighted by molar-refractivity contribution is 6.32. The highest BCUT2D eigenvalue weighted by Crippen LogP contribution is 2.27. The minimum absolute atomic E-state index is 0.0628. The minimum atomic E-state index is -0.0645. The van der Waals surface area contributed by atoms with E-state index in [4.69, 9.17) is 21.1 Å². The molecule has 1 aromatic carbocycles. The number of carbonyl (C=O) groups is 1. The predicted molar refractivity (Wildman–Crippen MR) is 91.4 cm³/mol. The Labute approximate surface area is 142 Å². The van der Waals surface area contributed by atoms with Gasteiger partial charge in [0.05, 0.1) is 18.2 Å². The first-order chi connectivity index (χ1) is 11.0. The number of anilines is 1. The van der Waals surface area contributed by atoms with Gasteiger partial charge in [-0.1, -0.05) is 11.6 Å². The molecule has 23 heavy (non-hydrogen) atoms. The predicted octanol–water partition coefficient (Wildman–Crippen LogP) is 1.60. The van der Waals surface area contributed by atoms with Crippen LogP contribution in [0, 0.1) is 0 Å². The number of morpholine rings is 1. The molecule has 1 heterocycles. The van der Waals surface area contributed by atoms with Gasteiger partial charge < -0.3 is 25.0 Å². The van der Waals surface area contributed by atoms with Crippen LogP contribution in [0.4, 0.5) is 5.69 Å². The van der Waals surface area contributed by atoms with Gasteiger partial charge in [-0.25, -0.2) is 0 Å². The minimum Gasteiger partial charge on any atom is -0.491 e. The van der Waals surface area contributed by atoms with Gasteiger partial charge >= 0.3 is 0 Å². The third kappa shape index (κ3) is 6.35. The van der Waals surface area contributed by atoms with Crippen molar-refractivity contribution in [3.8, 4) is 5.75 Å². The number of nitrogens with one attached hydrogen (secondary N) is 2. The van der Waals surface area contributed by atoms with Gasteiger partial charge in [0, 0.05) is 31.2 Å². The molecule has 6 nitrogen and oxygen atoms in total. The van der Waals surface area contributed by atoms with E-state index in [9.17, 15) is 4.79 Å². The molecule has 1 unspecified atom stereocenters. The smallest absolute Gasteiger partial charge is 0.226 e. The Kier molecular flexibility index (Phi) is 7.11. The lowest BCUT2D eigenvalue weighted by atomic mass is 10.2. The van der Waals surface area contributed by atoms with E-state index in [-0.39, 0.29) is 11.9 Å². The molecule has 0 radical (unpaired) electrons. The van der Waals surface area contributed by atoms with Gasteiger partial charge in [0.25, 0.3) is 0 Å². The number of amides is 1. The summed E-state index contributed by atoms with van der Waals surface area (Å²) in [5, 5.41) is 6.59. The fourth-order valence-electron chi connectivity index (χ4n) is 2.22. The van der Waals surface area contributed by atoms with Crippen molar-refractivity contribution in [3.63, 3.8) is 0 Å². The second kappa shape index (κ2) is 9.08. The fraction of sp³-hybridized carbons (Fsp3) is 0.562. The third-order valence-electron chi connectivity index (χ3n) is 3.44. The Bertz CT molecular complexity index is 519. The van der Waals surface area contributed by atoms with Crippen molar-refractivity contribution in [1.29, 1.82) is 0 Å². The summed E-state index contributed by atoms with van der Waals surface area (Å²) in [7, 11) is 3.96. The lowest BCUT2D eigenvalue weighted by Gasteiger charge is -2.23. The third-order valence-corrected chi connectivity index (χ3v) is 3.74. The van der Waals surface area contributed by atoms with Crippen molar-refractivity contribution < 1.29 is 14.3 Å². The van der Waals surface area contributed by atoms with E-state index in [1.165, 1.54) is 0 Å². The summed E-state index contributed by atoms with van der Waals surface area (Å²) in [6, 6.07) is 5.33. The quantitative estimate of drug-likeness (QED) is 0.788. The van der Waals surface area contributed by atoms with E-state index in [0.717, 1.165) is 13.1 Å². The topological polar surface area (TPSA) is 62.8 Å². The maximum Gasteiger partial charge on any atom is 0.226 e. The van der Waals surface area contributed by atoms with Gasteiger partial charge in [-0.05, 0) is 32.3 Å². The molecule has 1 aliphatic heterocycles. The molecule has 1 fully saturated rings. The van der Waals surface area contributed by atoms with Crippen molar-refractivity contribution in [3.05, 3.63) is 23.2 Å². The number of carbonyl (C=O) groups excluding carboxylic acids is 1. The van der Waals surface area contributed by atoms with Crippen LogP contribution in [0.5, 0.6) is 5.75 Å². The Balaban J connectivity index is 1.83. The molecular weight excluding hydrogens is 318 g/mol. The van der Waals surface area contributed by atoms with Gasteiger partial charge in [0.1, 0.15) is 12.4 Å². The molecule has 1 aliphatic rings. The molecule has 0 spiro atoms. The number of hydrogen-bond donors (Lipinski definition) is 2. The van der Waals surface area contributed by atoms with Crippen LogP contribution in [-0.2, 0) is 9.53 Å². The second-order valence-corrected chi connectivity index (χ2v) is 6.18. The summed E-state index contributed by atoms with van der Waals surface area (Å²) >= 11 is 6.20. The number of nitrogens with zero attached hydrogens (tertiary/aromatic N) is 1. The molecule has 1 amide bonds. The molecule has 7 heteroatoms. The van der Waals surface area contributed by atoms with Crippen LogP contribution >= 0.6 is 11.6 Å². The number of likely N-dealkylation sites (N-methyl/N-ethyl adjacent to an activating group) is 1. The van der Waals surface area contributed by atoms with Crippen LogP contribution in [0.1, 0.15) is 6.42 Å². The van der Waals surface area contributed by atoms with Gasteiger partial charge in [-0.2, -0.15) is 0 Å². The van der Waals surface area contributed by atoms with Crippen molar-refractivity contribution >= 4 is 23.2 Å². The Morgan fingerprint density at radius 1 is 1.52 bits per heavy atom. The van der Waals surface area contributed by atoms with Crippen LogP contribution in [-0.4, -0.2) is 63.9 Å². The number of benzene rings is 1. The molecule has 128 valence electrons. The molecular formula is C16H24ClN3O3. The Morgan fingerprint density at radius 3 is 3.00 bits per heavy atom. The van der Waals surface area contributed by atoms with Crippen molar-refractivity contribution in [2.24, 2.45) is 0 Å². The second-order valence-electron chi connectivity index (χ2n) is 5.78. The maximum absolute atomic E-state index is 12.0. The van der Waals surface area contributed by atoms with Crippen LogP contribution in [0.15, 0.2) is 18.2 Å². The van der Waals surface area contributed by atoms with Crippen LogP contribution in [0.25, 0.3) is 0 Å². The SMILES string of the molecule is CN(C)CCOc1ccc(NC(=O)CC2COCCN2)cc1Cl. The molecule has 0 saturated carbocycles. The molecule has 0 aromatic heterocycles. The lowest BCUT2D eigenvalue weighted by Crippen LogP contribution is -2.43. The van der Waals surface area contributed by atoms with E-state index >= 15 is 0 Å². The van der Waals surface area contributed by atoms with Crippen LogP contribution in [0.2, 0.25) is 5.02 Å². The van der Waals surface area contributed by atoms with E-state index in [2.05, 4.69) is 10.6 Å². The number of rotatable bonds is 7. The Morgan fingerprint density at radius 2 is 2.35 bits per heavy atom. The lowest BCUT2D eigenvalue weighted by molar-refractivity contribution is -0.117. The summed E-state index contributed by atoms with van der Waals surface area (Å²) in [6.45, 7) is 3.41. The van der Waals surface area contributed by atoms with E-state index in [1.54, 1.807) is 18.2 Å². The van der Waals surface area contributed by atoms with Crippen LogP contribution < -0.4 is 15.4 Å². The summed E-state index contributed by atoms with van der Waals surface area (Å²) in [5.74, 6) is 0.555. The zero-order valence-electron chi connectivity index (χ0n) is 13.6. The molecule has 0 aliphatic carbocycles. The van der Waals surface area contributed by atoms with Crippen molar-refractivity contribution in [2.45, 2.75) is 12.5 Å². The average molecular weight is 342 g/mol. The molecule has 1 atom stereocenters. The first-order valence-electron chi connectivity index (χ1n) is 7.72. The monoisotopic (exact) mass is 341 g/mol. The summed E-state index contributed by atoms with van der Waals surface area (Å²) < 4.78 is 11.0. The first-order valence-corrected chi connectivity index (χ1v) is 8.10. The molecule has 2 N–H and O–H groups in total. The summed E-state index contributed by atoms with van der Waals surface area (Å²) in [6.07, 6.45) is 0.374. The normalized spacial score (nSPS) is 18.0. The van der Waals surface area contributed by atoms with Gasteiger partial charge in [-0.3, -0.25) is 4.79 Å². The average Bonchev–Trinajstić information content (AvgIpc) is 2.50. The molecule has 1 saturated heterocycles. The number of halogens is 1. The highest BCUT2D eigenvalue weighted by Gasteiger charge is 2.17.